The Bertz CT molecular complexity index is 258. The molecule has 0 aromatic heterocycles. The second-order valence-corrected chi connectivity index (χ2v) is 3.55. The third-order valence-electron chi connectivity index (χ3n) is 2.42. The monoisotopic (exact) mass is 195 g/mol. The van der Waals surface area contributed by atoms with Crippen LogP contribution in [-0.4, -0.2) is 25.8 Å². The zero-order chi connectivity index (χ0) is 9.80. The third-order valence-corrected chi connectivity index (χ3v) is 2.42. The van der Waals surface area contributed by atoms with Crippen LogP contribution < -0.4 is 5.32 Å². The molecule has 1 aliphatic heterocycles. The molecule has 1 heterocycles. The van der Waals surface area contributed by atoms with E-state index in [2.05, 4.69) is 24.4 Å². The van der Waals surface area contributed by atoms with Gasteiger partial charge in [-0.15, -0.1) is 0 Å². The van der Waals surface area contributed by atoms with E-state index in [4.69, 9.17) is 9.47 Å². The molecule has 1 unspecified atom stereocenters. The first-order chi connectivity index (χ1) is 6.90. The van der Waals surface area contributed by atoms with E-state index in [1.807, 2.05) is 0 Å². The molecule has 2 aliphatic rings. The topological polar surface area (TPSA) is 30.5 Å². The van der Waals surface area contributed by atoms with Gasteiger partial charge in [-0.2, -0.15) is 0 Å². The summed E-state index contributed by atoms with van der Waals surface area (Å²) in [6, 6.07) is 0.403. The number of hydrogen-bond acceptors (Lipinski definition) is 3. The van der Waals surface area contributed by atoms with Crippen molar-refractivity contribution >= 4 is 0 Å². The second kappa shape index (κ2) is 4.51. The van der Waals surface area contributed by atoms with E-state index in [0.29, 0.717) is 6.04 Å². The standard InChI is InChI=1S/C11H17NO2/c1-2-12-9-4-5-10-11(8-9)14-7-3-6-13-10/h5,8-9,12H,2-4,6-7H2,1H3. The van der Waals surface area contributed by atoms with Crippen molar-refractivity contribution in [2.75, 3.05) is 19.8 Å². The fraction of sp³-hybridized carbons (Fsp3) is 0.636. The number of hydrogen-bond donors (Lipinski definition) is 1. The van der Waals surface area contributed by atoms with Gasteiger partial charge >= 0.3 is 0 Å². The van der Waals surface area contributed by atoms with E-state index in [0.717, 1.165) is 44.1 Å². The molecule has 14 heavy (non-hydrogen) atoms. The molecule has 0 bridgehead atoms. The maximum absolute atomic E-state index is 5.61. The first-order valence-electron chi connectivity index (χ1n) is 5.31. The molecule has 3 heteroatoms. The van der Waals surface area contributed by atoms with E-state index in [1.165, 1.54) is 0 Å². The summed E-state index contributed by atoms with van der Waals surface area (Å²) in [6.45, 7) is 4.64. The lowest BCUT2D eigenvalue weighted by Crippen LogP contribution is -2.28. The van der Waals surface area contributed by atoms with Crippen LogP contribution in [0.1, 0.15) is 19.8 Å². The molecule has 3 nitrogen and oxygen atoms in total. The van der Waals surface area contributed by atoms with E-state index in [9.17, 15) is 0 Å². The smallest absolute Gasteiger partial charge is 0.158 e. The molecule has 2 rings (SSSR count). The highest BCUT2D eigenvalue weighted by molar-refractivity contribution is 5.27. The quantitative estimate of drug-likeness (QED) is 0.725. The van der Waals surface area contributed by atoms with Crippen molar-refractivity contribution in [3.05, 3.63) is 23.7 Å². The first kappa shape index (κ1) is 9.59. The van der Waals surface area contributed by atoms with E-state index in [-0.39, 0.29) is 0 Å². The summed E-state index contributed by atoms with van der Waals surface area (Å²) in [7, 11) is 0. The molecular formula is C11H17NO2. The molecule has 1 aliphatic carbocycles. The molecule has 0 aromatic rings. The van der Waals surface area contributed by atoms with E-state index in [1.54, 1.807) is 0 Å². The molecule has 1 fully saturated rings. The van der Waals surface area contributed by atoms with Crippen molar-refractivity contribution in [1.29, 1.82) is 0 Å². The normalized spacial score (nSPS) is 26.2. The molecule has 0 amide bonds. The highest BCUT2D eigenvalue weighted by atomic mass is 16.5. The highest BCUT2D eigenvalue weighted by Gasteiger charge is 2.19. The van der Waals surface area contributed by atoms with Gasteiger partial charge in [-0.1, -0.05) is 6.92 Å². The van der Waals surface area contributed by atoms with Crippen molar-refractivity contribution in [3.8, 4) is 0 Å². The lowest BCUT2D eigenvalue weighted by Gasteiger charge is -2.20. The Morgan fingerprint density at radius 1 is 1.36 bits per heavy atom. The van der Waals surface area contributed by atoms with Gasteiger partial charge in [0.25, 0.3) is 0 Å². The van der Waals surface area contributed by atoms with Crippen molar-refractivity contribution in [2.24, 2.45) is 0 Å². The molecule has 0 saturated carbocycles. The largest absolute Gasteiger partial charge is 0.490 e. The SMILES string of the molecule is CCNC1C=C2OCCCOC2=CC1. The third kappa shape index (κ3) is 2.10. The summed E-state index contributed by atoms with van der Waals surface area (Å²) < 4.78 is 11.2. The lowest BCUT2D eigenvalue weighted by molar-refractivity contribution is 0.213. The maximum Gasteiger partial charge on any atom is 0.158 e. The van der Waals surface area contributed by atoms with E-state index >= 15 is 0 Å². The van der Waals surface area contributed by atoms with Crippen LogP contribution in [0.2, 0.25) is 0 Å². The molecule has 1 atom stereocenters. The highest BCUT2D eigenvalue weighted by Crippen LogP contribution is 2.23. The first-order valence-corrected chi connectivity index (χ1v) is 5.31. The number of rotatable bonds is 2. The van der Waals surface area contributed by atoms with Crippen molar-refractivity contribution in [1.82, 2.24) is 5.32 Å². The van der Waals surface area contributed by atoms with Crippen LogP contribution in [0.4, 0.5) is 0 Å². The summed E-state index contributed by atoms with van der Waals surface area (Å²) in [4.78, 5) is 0. The van der Waals surface area contributed by atoms with Gasteiger partial charge in [0.1, 0.15) is 0 Å². The van der Waals surface area contributed by atoms with Crippen molar-refractivity contribution < 1.29 is 9.47 Å². The zero-order valence-corrected chi connectivity index (χ0v) is 8.58. The summed E-state index contributed by atoms with van der Waals surface area (Å²) in [5.74, 6) is 1.84. The van der Waals surface area contributed by atoms with Gasteiger partial charge < -0.3 is 14.8 Å². The molecule has 1 N–H and O–H groups in total. The fourth-order valence-electron chi connectivity index (χ4n) is 1.74. The van der Waals surface area contributed by atoms with Crippen LogP contribution in [0.15, 0.2) is 23.7 Å². The van der Waals surface area contributed by atoms with Crippen molar-refractivity contribution in [3.63, 3.8) is 0 Å². The number of nitrogens with one attached hydrogen (secondary N) is 1. The van der Waals surface area contributed by atoms with Gasteiger partial charge in [-0.25, -0.2) is 0 Å². The fourth-order valence-corrected chi connectivity index (χ4v) is 1.74. The minimum Gasteiger partial charge on any atom is -0.490 e. The minimum atomic E-state index is 0.403. The van der Waals surface area contributed by atoms with Crippen LogP contribution in [-0.2, 0) is 9.47 Å². The Hall–Kier alpha value is -0.960. The van der Waals surface area contributed by atoms with Gasteiger partial charge in [0.05, 0.1) is 13.2 Å². The number of fused-ring (bicyclic) bond motifs is 1. The number of likely N-dealkylation sites (N-methyl/N-ethyl adjacent to an activating group) is 1. The van der Waals surface area contributed by atoms with Crippen LogP contribution >= 0.6 is 0 Å². The predicted molar refractivity (Wildman–Crippen MR) is 54.8 cm³/mol. The molecule has 0 spiro atoms. The second-order valence-electron chi connectivity index (χ2n) is 3.55. The van der Waals surface area contributed by atoms with Crippen LogP contribution in [0.5, 0.6) is 0 Å². The van der Waals surface area contributed by atoms with Crippen LogP contribution in [0.25, 0.3) is 0 Å². The zero-order valence-electron chi connectivity index (χ0n) is 8.58. The Morgan fingerprint density at radius 2 is 2.14 bits per heavy atom. The number of ether oxygens (including phenoxy) is 2. The van der Waals surface area contributed by atoms with Gasteiger partial charge in [0, 0.05) is 12.5 Å². The molecule has 0 radical (unpaired) electrons. The molecular weight excluding hydrogens is 178 g/mol. The average Bonchev–Trinajstić information content (AvgIpc) is 2.42. The maximum atomic E-state index is 5.61. The summed E-state index contributed by atoms with van der Waals surface area (Å²) in [6.07, 6.45) is 6.22. The van der Waals surface area contributed by atoms with Gasteiger partial charge in [-0.3, -0.25) is 0 Å². The van der Waals surface area contributed by atoms with Gasteiger partial charge in [-0.05, 0) is 25.1 Å². The minimum absolute atomic E-state index is 0.403. The van der Waals surface area contributed by atoms with Crippen LogP contribution in [0, 0.1) is 0 Å². The summed E-state index contributed by atoms with van der Waals surface area (Å²) >= 11 is 0. The Balaban J connectivity index is 2.06. The molecule has 1 saturated heterocycles. The van der Waals surface area contributed by atoms with Gasteiger partial charge in [0.15, 0.2) is 11.5 Å². The van der Waals surface area contributed by atoms with E-state index < -0.39 is 0 Å². The van der Waals surface area contributed by atoms with Crippen molar-refractivity contribution in [2.45, 2.75) is 25.8 Å². The molecule has 0 aromatic carbocycles. The summed E-state index contributed by atoms with van der Waals surface area (Å²) in [5.41, 5.74) is 0. The van der Waals surface area contributed by atoms with Crippen LogP contribution in [0.3, 0.4) is 0 Å². The predicted octanol–water partition coefficient (Wildman–Crippen LogP) is 1.57. The Morgan fingerprint density at radius 3 is 2.93 bits per heavy atom. The lowest BCUT2D eigenvalue weighted by atomic mass is 10.1. The molecule has 78 valence electrons. The Kier molecular flexibility index (Phi) is 3.09. The summed E-state index contributed by atoms with van der Waals surface area (Å²) in [5, 5.41) is 3.38. The Labute approximate surface area is 84.8 Å². The van der Waals surface area contributed by atoms with Gasteiger partial charge in [0.2, 0.25) is 0 Å². The average molecular weight is 195 g/mol.